The van der Waals surface area contributed by atoms with E-state index in [0.717, 1.165) is 34.5 Å². The van der Waals surface area contributed by atoms with E-state index in [1.165, 1.54) is 0 Å². The van der Waals surface area contributed by atoms with Crippen molar-refractivity contribution in [3.63, 3.8) is 0 Å². The molecule has 2 amide bonds. The Morgan fingerprint density at radius 2 is 1.86 bits per heavy atom. The third-order valence-electron chi connectivity index (χ3n) is 4.97. The first kappa shape index (κ1) is 22.5. The molecule has 156 valence electrons. The van der Waals surface area contributed by atoms with Gasteiger partial charge in [0.1, 0.15) is 5.75 Å². The maximum absolute atomic E-state index is 12.3. The van der Waals surface area contributed by atoms with Crippen LogP contribution in [0, 0.1) is 6.92 Å². The number of hydrogen-bond acceptors (Lipinski definition) is 3. The van der Waals surface area contributed by atoms with Gasteiger partial charge in [0, 0.05) is 32.1 Å². The van der Waals surface area contributed by atoms with Gasteiger partial charge in [-0.1, -0.05) is 44.2 Å². The first-order chi connectivity index (χ1) is 13.8. The standard InChI is InChI=1S/C24H32N2O3/c1-17(2)22-11-6-8-18(3)24(22)26(19(4)27)15-13-23(28)25-14-12-20-9-7-10-21(16-20)29-5/h6-11,16-17H,12-15H2,1-5H3,(H,25,28). The number of benzene rings is 2. The summed E-state index contributed by atoms with van der Waals surface area (Å²) >= 11 is 0. The molecule has 0 saturated heterocycles. The Bertz CT molecular complexity index is 846. The minimum atomic E-state index is -0.0566. The lowest BCUT2D eigenvalue weighted by molar-refractivity contribution is -0.121. The fraction of sp³-hybridized carbons (Fsp3) is 0.417. The van der Waals surface area contributed by atoms with E-state index in [9.17, 15) is 9.59 Å². The molecule has 0 aromatic heterocycles. The van der Waals surface area contributed by atoms with Crippen molar-refractivity contribution >= 4 is 17.5 Å². The number of aryl methyl sites for hydroxylation is 1. The highest BCUT2D eigenvalue weighted by Gasteiger charge is 2.20. The summed E-state index contributed by atoms with van der Waals surface area (Å²) in [7, 11) is 1.64. The van der Waals surface area contributed by atoms with Crippen LogP contribution in [-0.4, -0.2) is 32.0 Å². The summed E-state index contributed by atoms with van der Waals surface area (Å²) < 4.78 is 5.22. The van der Waals surface area contributed by atoms with Crippen LogP contribution in [0.1, 0.15) is 49.8 Å². The average Bonchev–Trinajstić information content (AvgIpc) is 2.68. The van der Waals surface area contributed by atoms with E-state index in [1.54, 1.807) is 18.9 Å². The topological polar surface area (TPSA) is 58.6 Å². The monoisotopic (exact) mass is 396 g/mol. The van der Waals surface area contributed by atoms with Gasteiger partial charge in [0.05, 0.1) is 7.11 Å². The van der Waals surface area contributed by atoms with E-state index < -0.39 is 0 Å². The lowest BCUT2D eigenvalue weighted by Gasteiger charge is -2.27. The van der Waals surface area contributed by atoms with Gasteiger partial charge in [-0.05, 0) is 48.1 Å². The normalized spacial score (nSPS) is 10.7. The summed E-state index contributed by atoms with van der Waals surface area (Å²) in [6.45, 7) is 8.70. The van der Waals surface area contributed by atoms with E-state index in [0.29, 0.717) is 19.0 Å². The lowest BCUT2D eigenvalue weighted by atomic mass is 9.97. The average molecular weight is 397 g/mol. The molecule has 0 unspecified atom stereocenters. The van der Waals surface area contributed by atoms with Crippen molar-refractivity contribution in [2.24, 2.45) is 0 Å². The predicted molar refractivity (Wildman–Crippen MR) is 118 cm³/mol. The van der Waals surface area contributed by atoms with Gasteiger partial charge < -0.3 is 15.0 Å². The number of carbonyl (C=O) groups is 2. The fourth-order valence-corrected chi connectivity index (χ4v) is 3.42. The number of rotatable bonds is 9. The van der Waals surface area contributed by atoms with Crippen LogP contribution in [0.4, 0.5) is 5.69 Å². The molecule has 0 saturated carbocycles. The van der Waals surface area contributed by atoms with Gasteiger partial charge >= 0.3 is 0 Å². The third kappa shape index (κ3) is 6.34. The van der Waals surface area contributed by atoms with Gasteiger partial charge in [0.2, 0.25) is 11.8 Å². The SMILES string of the molecule is COc1cccc(CCNC(=O)CCN(C(C)=O)c2c(C)cccc2C(C)C)c1. The summed E-state index contributed by atoms with van der Waals surface area (Å²) in [5.41, 5.74) is 4.21. The summed E-state index contributed by atoms with van der Waals surface area (Å²) in [5.74, 6) is 0.998. The Morgan fingerprint density at radius 1 is 1.14 bits per heavy atom. The first-order valence-electron chi connectivity index (χ1n) is 10.1. The number of ether oxygens (including phenoxy) is 1. The second-order valence-corrected chi connectivity index (χ2v) is 7.54. The number of para-hydroxylation sites is 1. The molecule has 2 aromatic carbocycles. The van der Waals surface area contributed by atoms with Gasteiger partial charge in [-0.3, -0.25) is 9.59 Å². The van der Waals surface area contributed by atoms with Crippen molar-refractivity contribution in [3.8, 4) is 5.75 Å². The minimum Gasteiger partial charge on any atom is -0.497 e. The highest BCUT2D eigenvalue weighted by molar-refractivity contribution is 5.94. The maximum Gasteiger partial charge on any atom is 0.223 e. The van der Waals surface area contributed by atoms with Crippen molar-refractivity contribution in [1.29, 1.82) is 0 Å². The molecule has 0 atom stereocenters. The fourth-order valence-electron chi connectivity index (χ4n) is 3.42. The van der Waals surface area contributed by atoms with Crippen LogP contribution in [0.5, 0.6) is 5.75 Å². The van der Waals surface area contributed by atoms with Crippen molar-refractivity contribution in [2.75, 3.05) is 25.1 Å². The molecule has 5 heteroatoms. The zero-order valence-electron chi connectivity index (χ0n) is 18.1. The molecule has 0 fully saturated rings. The molecule has 29 heavy (non-hydrogen) atoms. The van der Waals surface area contributed by atoms with E-state index in [1.807, 2.05) is 43.3 Å². The molecule has 2 aromatic rings. The summed E-state index contributed by atoms with van der Waals surface area (Å²) in [6, 6.07) is 13.9. The number of carbonyl (C=O) groups excluding carboxylic acids is 2. The third-order valence-corrected chi connectivity index (χ3v) is 4.97. The zero-order valence-corrected chi connectivity index (χ0v) is 18.1. The first-order valence-corrected chi connectivity index (χ1v) is 10.1. The molecular weight excluding hydrogens is 364 g/mol. The van der Waals surface area contributed by atoms with Gasteiger partial charge in [-0.2, -0.15) is 0 Å². The number of hydrogen-bond donors (Lipinski definition) is 1. The number of methoxy groups -OCH3 is 1. The molecule has 0 bridgehead atoms. The summed E-state index contributed by atoms with van der Waals surface area (Å²) in [5, 5.41) is 2.95. The molecule has 0 aliphatic carbocycles. The van der Waals surface area contributed by atoms with Crippen LogP contribution >= 0.6 is 0 Å². The summed E-state index contributed by atoms with van der Waals surface area (Å²) in [4.78, 5) is 26.4. The molecular formula is C24H32N2O3. The van der Waals surface area contributed by atoms with Crippen molar-refractivity contribution in [2.45, 2.75) is 46.5 Å². The quantitative estimate of drug-likeness (QED) is 0.690. The van der Waals surface area contributed by atoms with Crippen molar-refractivity contribution in [3.05, 3.63) is 59.2 Å². The maximum atomic E-state index is 12.3. The Kier molecular flexibility index (Phi) is 8.25. The van der Waals surface area contributed by atoms with Crippen molar-refractivity contribution in [1.82, 2.24) is 5.32 Å². The molecule has 0 spiro atoms. The zero-order chi connectivity index (χ0) is 21.4. The molecule has 0 aliphatic rings. The molecule has 0 heterocycles. The Balaban J connectivity index is 1.95. The Morgan fingerprint density at radius 3 is 2.52 bits per heavy atom. The number of nitrogens with one attached hydrogen (secondary N) is 1. The van der Waals surface area contributed by atoms with Crippen LogP contribution in [0.2, 0.25) is 0 Å². The van der Waals surface area contributed by atoms with E-state index in [4.69, 9.17) is 4.74 Å². The van der Waals surface area contributed by atoms with E-state index in [2.05, 4.69) is 25.2 Å². The van der Waals surface area contributed by atoms with Gasteiger partial charge in [0.25, 0.3) is 0 Å². The van der Waals surface area contributed by atoms with Crippen LogP contribution in [-0.2, 0) is 16.0 Å². The van der Waals surface area contributed by atoms with E-state index in [-0.39, 0.29) is 18.2 Å². The van der Waals surface area contributed by atoms with Crippen LogP contribution in [0.25, 0.3) is 0 Å². The molecule has 1 N–H and O–H groups in total. The van der Waals surface area contributed by atoms with Gasteiger partial charge in [-0.25, -0.2) is 0 Å². The molecule has 2 rings (SSSR count). The van der Waals surface area contributed by atoms with Crippen LogP contribution in [0.15, 0.2) is 42.5 Å². The van der Waals surface area contributed by atoms with E-state index >= 15 is 0 Å². The highest BCUT2D eigenvalue weighted by atomic mass is 16.5. The number of anilines is 1. The van der Waals surface area contributed by atoms with Gasteiger partial charge in [-0.15, -0.1) is 0 Å². The molecule has 0 radical (unpaired) electrons. The lowest BCUT2D eigenvalue weighted by Crippen LogP contribution is -2.35. The van der Waals surface area contributed by atoms with Gasteiger partial charge in [0.15, 0.2) is 0 Å². The second-order valence-electron chi connectivity index (χ2n) is 7.54. The number of amides is 2. The Hall–Kier alpha value is -2.82. The Labute approximate surface area is 174 Å². The largest absolute Gasteiger partial charge is 0.497 e. The highest BCUT2D eigenvalue weighted by Crippen LogP contribution is 2.31. The predicted octanol–water partition coefficient (Wildman–Crippen LogP) is 4.23. The number of nitrogens with zero attached hydrogens (tertiary/aromatic N) is 1. The van der Waals surface area contributed by atoms with Crippen molar-refractivity contribution < 1.29 is 14.3 Å². The van der Waals surface area contributed by atoms with Crippen LogP contribution in [0.3, 0.4) is 0 Å². The minimum absolute atomic E-state index is 0.0506. The summed E-state index contributed by atoms with van der Waals surface area (Å²) in [6.07, 6.45) is 0.998. The smallest absolute Gasteiger partial charge is 0.223 e. The molecule has 0 aliphatic heterocycles. The van der Waals surface area contributed by atoms with Crippen LogP contribution < -0.4 is 15.0 Å². The molecule has 5 nitrogen and oxygen atoms in total. The second kappa shape index (κ2) is 10.6.